The maximum absolute atomic E-state index is 13.1. The molecule has 1 unspecified atom stereocenters. The summed E-state index contributed by atoms with van der Waals surface area (Å²) in [6.45, 7) is 1.80. The van der Waals surface area contributed by atoms with E-state index in [4.69, 9.17) is 5.26 Å². The van der Waals surface area contributed by atoms with E-state index in [0.717, 1.165) is 6.07 Å². The Bertz CT molecular complexity index is 660. The Morgan fingerprint density at radius 3 is 2.40 bits per heavy atom. The molecule has 0 saturated carbocycles. The first-order valence-electron chi connectivity index (χ1n) is 5.98. The predicted molar refractivity (Wildman–Crippen MR) is 72.9 cm³/mol. The third-order valence-corrected chi connectivity index (χ3v) is 2.90. The molecule has 0 amide bonds. The van der Waals surface area contributed by atoms with Crippen molar-refractivity contribution in [1.82, 2.24) is 0 Å². The zero-order valence-electron chi connectivity index (χ0n) is 10.8. The highest BCUT2D eigenvalue weighted by Gasteiger charge is 2.11. The topological polar surface area (TPSA) is 76.3 Å². The van der Waals surface area contributed by atoms with Gasteiger partial charge in [0.15, 0.2) is 0 Å². The number of rotatable bonds is 3. The summed E-state index contributed by atoms with van der Waals surface area (Å²) in [6, 6.07) is 9.77. The lowest BCUT2D eigenvalue weighted by Crippen LogP contribution is -2.08. The van der Waals surface area contributed by atoms with Crippen LogP contribution in [0.4, 0.5) is 10.1 Å². The average Bonchev–Trinajstić information content (AvgIpc) is 2.39. The molecule has 0 aliphatic heterocycles. The van der Waals surface area contributed by atoms with E-state index in [1.54, 1.807) is 6.92 Å². The number of hydrogen-bond donors (Lipinski definition) is 3. The Morgan fingerprint density at radius 2 is 1.80 bits per heavy atom. The predicted octanol–water partition coefficient (Wildman–Crippen LogP) is 3.28. The highest BCUT2D eigenvalue weighted by Crippen LogP contribution is 2.28. The van der Waals surface area contributed by atoms with Crippen molar-refractivity contribution in [2.75, 3.05) is 5.32 Å². The van der Waals surface area contributed by atoms with Crippen LogP contribution in [-0.4, -0.2) is 10.2 Å². The zero-order chi connectivity index (χ0) is 14.7. The molecule has 102 valence electrons. The van der Waals surface area contributed by atoms with Crippen LogP contribution in [0.15, 0.2) is 36.4 Å². The molecule has 2 aromatic rings. The van der Waals surface area contributed by atoms with Gasteiger partial charge in [0.25, 0.3) is 0 Å². The van der Waals surface area contributed by atoms with Crippen molar-refractivity contribution in [3.05, 3.63) is 53.3 Å². The largest absolute Gasteiger partial charge is 0.508 e. The minimum atomic E-state index is -0.477. The van der Waals surface area contributed by atoms with Crippen molar-refractivity contribution in [2.24, 2.45) is 0 Å². The SMILES string of the molecule is CC(Nc1ccc(F)cc1C#N)c1cc(O)cc(O)c1. The minimum absolute atomic E-state index is 0.0479. The maximum Gasteiger partial charge on any atom is 0.124 e. The summed E-state index contributed by atoms with van der Waals surface area (Å²) in [5.41, 5.74) is 1.33. The lowest BCUT2D eigenvalue weighted by Gasteiger charge is -2.17. The van der Waals surface area contributed by atoms with Crippen LogP contribution in [0.1, 0.15) is 24.1 Å². The number of aromatic hydroxyl groups is 2. The van der Waals surface area contributed by atoms with Gasteiger partial charge in [-0.05, 0) is 42.8 Å². The summed E-state index contributed by atoms with van der Waals surface area (Å²) < 4.78 is 13.1. The fraction of sp³-hybridized carbons (Fsp3) is 0.133. The van der Waals surface area contributed by atoms with Gasteiger partial charge in [0, 0.05) is 12.1 Å². The molecule has 3 N–H and O–H groups in total. The smallest absolute Gasteiger partial charge is 0.124 e. The number of anilines is 1. The first-order chi connectivity index (χ1) is 9.49. The Kier molecular flexibility index (Phi) is 3.76. The van der Waals surface area contributed by atoms with Crippen molar-refractivity contribution in [1.29, 1.82) is 5.26 Å². The number of hydrogen-bond acceptors (Lipinski definition) is 4. The van der Waals surface area contributed by atoms with Crippen LogP contribution in [-0.2, 0) is 0 Å². The van der Waals surface area contributed by atoms with Gasteiger partial charge in [0.1, 0.15) is 23.4 Å². The quantitative estimate of drug-likeness (QED) is 0.801. The van der Waals surface area contributed by atoms with E-state index >= 15 is 0 Å². The van der Waals surface area contributed by atoms with E-state index in [0.29, 0.717) is 11.3 Å². The molecule has 0 bridgehead atoms. The van der Waals surface area contributed by atoms with Crippen molar-refractivity contribution in [3.8, 4) is 17.6 Å². The van der Waals surface area contributed by atoms with E-state index in [1.165, 1.54) is 30.3 Å². The zero-order valence-corrected chi connectivity index (χ0v) is 10.8. The standard InChI is InChI=1S/C15H13FN2O2/c1-9(10-5-13(19)7-14(20)6-10)18-15-3-2-12(16)4-11(15)8-17/h2-7,9,18-20H,1H3. The van der Waals surface area contributed by atoms with E-state index in [2.05, 4.69) is 5.32 Å². The molecule has 0 heterocycles. The normalized spacial score (nSPS) is 11.7. The number of phenols is 2. The van der Waals surface area contributed by atoms with Crippen molar-refractivity contribution in [2.45, 2.75) is 13.0 Å². The van der Waals surface area contributed by atoms with E-state index < -0.39 is 5.82 Å². The molecule has 5 heteroatoms. The molecule has 0 radical (unpaired) electrons. The van der Waals surface area contributed by atoms with Crippen molar-refractivity contribution >= 4 is 5.69 Å². The minimum Gasteiger partial charge on any atom is -0.508 e. The molecule has 0 aliphatic carbocycles. The number of benzene rings is 2. The second kappa shape index (κ2) is 5.49. The second-order valence-electron chi connectivity index (χ2n) is 4.45. The lowest BCUT2D eigenvalue weighted by atomic mass is 10.1. The second-order valence-corrected chi connectivity index (χ2v) is 4.45. The number of nitrogens with one attached hydrogen (secondary N) is 1. The van der Waals surface area contributed by atoms with Crippen LogP contribution in [0.3, 0.4) is 0 Å². The van der Waals surface area contributed by atoms with Crippen LogP contribution in [0.25, 0.3) is 0 Å². The van der Waals surface area contributed by atoms with Gasteiger partial charge in [-0.1, -0.05) is 0 Å². The van der Waals surface area contributed by atoms with Gasteiger partial charge in [-0.15, -0.1) is 0 Å². The Morgan fingerprint density at radius 1 is 1.15 bits per heavy atom. The summed E-state index contributed by atoms with van der Waals surface area (Å²) in [6.07, 6.45) is 0. The molecule has 0 fully saturated rings. The average molecular weight is 272 g/mol. The van der Waals surface area contributed by atoms with Gasteiger partial charge in [0.05, 0.1) is 11.3 Å². The number of nitriles is 1. The monoisotopic (exact) mass is 272 g/mol. The number of phenolic OH excluding ortho intramolecular Hbond substituents is 2. The van der Waals surface area contributed by atoms with Crippen molar-refractivity contribution < 1.29 is 14.6 Å². The fourth-order valence-electron chi connectivity index (χ4n) is 1.92. The first kappa shape index (κ1) is 13.7. The highest BCUT2D eigenvalue weighted by molar-refractivity contribution is 5.58. The summed E-state index contributed by atoms with van der Waals surface area (Å²) in [4.78, 5) is 0. The van der Waals surface area contributed by atoms with Crippen molar-refractivity contribution in [3.63, 3.8) is 0 Å². The molecule has 20 heavy (non-hydrogen) atoms. The summed E-state index contributed by atoms with van der Waals surface area (Å²) in [5, 5.41) is 30.9. The third kappa shape index (κ3) is 2.98. The third-order valence-electron chi connectivity index (χ3n) is 2.90. The molecule has 0 spiro atoms. The fourth-order valence-corrected chi connectivity index (χ4v) is 1.92. The van der Waals surface area contributed by atoms with Gasteiger partial charge in [-0.25, -0.2) is 4.39 Å². The number of halogens is 1. The molecule has 1 atom stereocenters. The summed E-state index contributed by atoms with van der Waals surface area (Å²) >= 11 is 0. The Hall–Kier alpha value is -2.74. The van der Waals surface area contributed by atoms with E-state index in [9.17, 15) is 14.6 Å². The Labute approximate surface area is 115 Å². The molecule has 0 aromatic heterocycles. The van der Waals surface area contributed by atoms with Crippen LogP contribution in [0.5, 0.6) is 11.5 Å². The lowest BCUT2D eigenvalue weighted by molar-refractivity contribution is 0.448. The van der Waals surface area contributed by atoms with Gasteiger partial charge in [0.2, 0.25) is 0 Å². The number of nitrogens with zero attached hydrogens (tertiary/aromatic N) is 1. The van der Waals surface area contributed by atoms with Crippen LogP contribution < -0.4 is 5.32 Å². The van der Waals surface area contributed by atoms with Crippen LogP contribution >= 0.6 is 0 Å². The summed E-state index contributed by atoms with van der Waals surface area (Å²) in [5.74, 6) is -0.573. The van der Waals surface area contributed by atoms with Gasteiger partial charge < -0.3 is 15.5 Å². The van der Waals surface area contributed by atoms with Gasteiger partial charge in [-0.3, -0.25) is 0 Å². The van der Waals surface area contributed by atoms with Crippen LogP contribution in [0.2, 0.25) is 0 Å². The Balaban J connectivity index is 2.28. The molecule has 0 saturated heterocycles. The van der Waals surface area contributed by atoms with E-state index in [1.807, 2.05) is 6.07 Å². The van der Waals surface area contributed by atoms with Gasteiger partial charge >= 0.3 is 0 Å². The molecule has 4 nitrogen and oxygen atoms in total. The molecule has 2 aromatic carbocycles. The maximum atomic E-state index is 13.1. The van der Waals surface area contributed by atoms with Gasteiger partial charge in [-0.2, -0.15) is 5.26 Å². The molecular formula is C15H13FN2O2. The molecule has 0 aliphatic rings. The van der Waals surface area contributed by atoms with Crippen LogP contribution in [0, 0.1) is 17.1 Å². The molecular weight excluding hydrogens is 259 g/mol. The highest BCUT2D eigenvalue weighted by atomic mass is 19.1. The van der Waals surface area contributed by atoms with E-state index in [-0.39, 0.29) is 23.1 Å². The molecule has 2 rings (SSSR count). The first-order valence-corrected chi connectivity index (χ1v) is 5.98. The summed E-state index contributed by atoms with van der Waals surface area (Å²) in [7, 11) is 0.